The Bertz CT molecular complexity index is 641. The average Bonchev–Trinajstić information content (AvgIpc) is 3.04. The van der Waals surface area contributed by atoms with Crippen LogP contribution in [0.2, 0.25) is 0 Å². The number of hydrogen-bond acceptors (Lipinski definition) is 6. The van der Waals surface area contributed by atoms with Crippen molar-refractivity contribution >= 4 is 22.6 Å². The van der Waals surface area contributed by atoms with E-state index in [1.54, 1.807) is 12.4 Å². The van der Waals surface area contributed by atoms with E-state index in [2.05, 4.69) is 24.6 Å². The molecule has 0 radical (unpaired) electrons. The van der Waals surface area contributed by atoms with Crippen molar-refractivity contribution in [2.24, 2.45) is 5.92 Å². The molecule has 20 heavy (non-hydrogen) atoms. The van der Waals surface area contributed by atoms with Gasteiger partial charge in [-0.25, -0.2) is 4.98 Å². The molecule has 2 aliphatic rings. The van der Waals surface area contributed by atoms with E-state index in [4.69, 9.17) is 0 Å². The van der Waals surface area contributed by atoms with E-state index in [9.17, 15) is 4.79 Å². The number of hydrogen-bond donors (Lipinski definition) is 1. The molecular weight excluding hydrogens is 274 g/mol. The Morgan fingerprint density at radius 3 is 2.55 bits per heavy atom. The van der Waals surface area contributed by atoms with E-state index >= 15 is 0 Å². The highest BCUT2D eigenvalue weighted by Gasteiger charge is 2.31. The van der Waals surface area contributed by atoms with Crippen molar-refractivity contribution in [3.63, 3.8) is 0 Å². The fourth-order valence-corrected chi connectivity index (χ4v) is 3.11. The van der Waals surface area contributed by atoms with Gasteiger partial charge < -0.3 is 5.32 Å². The molecule has 2 aromatic rings. The van der Waals surface area contributed by atoms with Crippen LogP contribution >= 0.6 is 11.5 Å². The minimum Gasteiger partial charge on any atom is -0.300 e. The van der Waals surface area contributed by atoms with Gasteiger partial charge in [0.1, 0.15) is 5.82 Å². The first-order chi connectivity index (χ1) is 9.79. The fraction of sp³-hybridized carbons (Fsp3) is 0.462. The Morgan fingerprint density at radius 2 is 1.90 bits per heavy atom. The van der Waals surface area contributed by atoms with Crippen LogP contribution < -0.4 is 5.32 Å². The van der Waals surface area contributed by atoms with Crippen LogP contribution in [0.1, 0.15) is 36.0 Å². The van der Waals surface area contributed by atoms with E-state index in [0.717, 1.165) is 17.2 Å². The number of aromatic nitrogens is 4. The molecule has 0 atom stereocenters. The van der Waals surface area contributed by atoms with Crippen molar-refractivity contribution in [1.82, 2.24) is 19.3 Å². The molecule has 1 N–H and O–H groups in total. The summed E-state index contributed by atoms with van der Waals surface area (Å²) in [7, 11) is 0. The van der Waals surface area contributed by atoms with E-state index in [-0.39, 0.29) is 11.8 Å². The summed E-state index contributed by atoms with van der Waals surface area (Å²) < 4.78 is 4.29. The van der Waals surface area contributed by atoms with Gasteiger partial charge >= 0.3 is 0 Å². The molecule has 4 rings (SSSR count). The first-order valence-electron chi connectivity index (χ1n) is 6.73. The van der Waals surface area contributed by atoms with E-state index in [1.165, 1.54) is 24.4 Å². The number of carbonyl (C=O) groups is 1. The Labute approximate surface area is 119 Å². The molecule has 1 fully saturated rings. The molecule has 2 aromatic heterocycles. The van der Waals surface area contributed by atoms with Gasteiger partial charge in [0.25, 0.3) is 0 Å². The van der Waals surface area contributed by atoms with Gasteiger partial charge in [-0.15, -0.1) is 0 Å². The normalized spacial score (nSPS) is 18.0. The quantitative estimate of drug-likeness (QED) is 0.926. The lowest BCUT2D eigenvalue weighted by Crippen LogP contribution is -2.23. The minimum absolute atomic E-state index is 0.0108. The zero-order valence-electron chi connectivity index (χ0n) is 10.7. The summed E-state index contributed by atoms with van der Waals surface area (Å²) in [5.74, 6) is 1.29. The van der Waals surface area contributed by atoms with Crippen LogP contribution in [0.4, 0.5) is 5.13 Å². The molecule has 0 aromatic carbocycles. The van der Waals surface area contributed by atoms with Gasteiger partial charge in [0.15, 0.2) is 0 Å². The van der Waals surface area contributed by atoms with Crippen LogP contribution in [0.3, 0.4) is 0 Å². The van der Waals surface area contributed by atoms with Crippen LogP contribution in [-0.4, -0.2) is 25.2 Å². The van der Waals surface area contributed by atoms with Gasteiger partial charge in [-0.05, 0) is 12.8 Å². The van der Waals surface area contributed by atoms with Gasteiger partial charge in [0, 0.05) is 48.6 Å². The summed E-state index contributed by atoms with van der Waals surface area (Å²) in [5.41, 5.74) is 1.87. The number of nitrogens with one attached hydrogen (secondary N) is 1. The largest absolute Gasteiger partial charge is 0.300 e. The SMILES string of the molecule is O=C(Nc1nc(C2CC2)ns1)C1Cc2nccnc2C1. The van der Waals surface area contributed by atoms with E-state index in [0.29, 0.717) is 23.9 Å². The topological polar surface area (TPSA) is 80.7 Å². The van der Waals surface area contributed by atoms with Crippen molar-refractivity contribution in [3.05, 3.63) is 29.6 Å². The zero-order chi connectivity index (χ0) is 13.5. The van der Waals surface area contributed by atoms with Crippen LogP contribution in [-0.2, 0) is 17.6 Å². The molecule has 7 heteroatoms. The molecule has 0 aliphatic heterocycles. The van der Waals surface area contributed by atoms with Crippen molar-refractivity contribution in [1.29, 1.82) is 0 Å². The molecular formula is C13H13N5OS. The van der Waals surface area contributed by atoms with Crippen molar-refractivity contribution in [3.8, 4) is 0 Å². The highest BCUT2D eigenvalue weighted by molar-refractivity contribution is 7.09. The number of fused-ring (bicyclic) bond motifs is 1. The monoisotopic (exact) mass is 287 g/mol. The first-order valence-corrected chi connectivity index (χ1v) is 7.50. The van der Waals surface area contributed by atoms with Gasteiger partial charge in [-0.1, -0.05) is 0 Å². The standard InChI is InChI=1S/C13H13N5OS/c19-12(8-5-9-10(6-8)15-4-3-14-9)17-13-16-11(18-20-13)7-1-2-7/h3-4,7-8H,1-2,5-6H2,(H,16,17,18,19). The predicted molar refractivity (Wildman–Crippen MR) is 73.4 cm³/mol. The summed E-state index contributed by atoms with van der Waals surface area (Å²) in [6, 6.07) is 0. The van der Waals surface area contributed by atoms with E-state index in [1.807, 2.05) is 0 Å². The smallest absolute Gasteiger partial charge is 0.230 e. The van der Waals surface area contributed by atoms with Gasteiger partial charge in [0.2, 0.25) is 11.0 Å². The number of nitrogens with zero attached hydrogens (tertiary/aromatic N) is 4. The average molecular weight is 287 g/mol. The molecule has 2 heterocycles. The lowest BCUT2D eigenvalue weighted by Gasteiger charge is -2.06. The summed E-state index contributed by atoms with van der Waals surface area (Å²) in [4.78, 5) is 25.2. The molecule has 102 valence electrons. The van der Waals surface area contributed by atoms with Crippen molar-refractivity contribution < 1.29 is 4.79 Å². The second-order valence-corrected chi connectivity index (χ2v) is 6.03. The minimum atomic E-state index is -0.0966. The lowest BCUT2D eigenvalue weighted by atomic mass is 10.1. The number of amides is 1. The molecule has 2 aliphatic carbocycles. The first kappa shape index (κ1) is 11.9. The molecule has 1 saturated carbocycles. The summed E-state index contributed by atoms with van der Waals surface area (Å²) >= 11 is 1.26. The molecule has 0 saturated heterocycles. The molecule has 1 amide bonds. The van der Waals surface area contributed by atoms with Crippen LogP contribution in [0, 0.1) is 5.92 Å². The lowest BCUT2D eigenvalue weighted by molar-refractivity contribution is -0.119. The van der Waals surface area contributed by atoms with Crippen LogP contribution in [0.25, 0.3) is 0 Å². The van der Waals surface area contributed by atoms with Gasteiger partial charge in [0.05, 0.1) is 11.4 Å². The highest BCUT2D eigenvalue weighted by atomic mass is 32.1. The maximum absolute atomic E-state index is 12.3. The third-order valence-electron chi connectivity index (χ3n) is 3.73. The van der Waals surface area contributed by atoms with Crippen LogP contribution in [0.15, 0.2) is 12.4 Å². The summed E-state index contributed by atoms with van der Waals surface area (Å²) in [5, 5.41) is 3.48. The Hall–Kier alpha value is -1.89. The second-order valence-electron chi connectivity index (χ2n) is 5.28. The third-order valence-corrected chi connectivity index (χ3v) is 4.37. The molecule has 6 nitrogen and oxygen atoms in total. The Morgan fingerprint density at radius 1 is 1.20 bits per heavy atom. The Balaban J connectivity index is 1.43. The number of rotatable bonds is 3. The van der Waals surface area contributed by atoms with Gasteiger partial charge in [-0.2, -0.15) is 4.37 Å². The highest BCUT2D eigenvalue weighted by Crippen LogP contribution is 2.39. The predicted octanol–water partition coefficient (Wildman–Crippen LogP) is 1.56. The van der Waals surface area contributed by atoms with Gasteiger partial charge in [-0.3, -0.25) is 14.8 Å². The Kier molecular flexibility index (Phi) is 2.73. The van der Waals surface area contributed by atoms with Crippen LogP contribution in [0.5, 0.6) is 0 Å². The fourth-order valence-electron chi connectivity index (χ4n) is 2.46. The maximum Gasteiger partial charge on any atom is 0.230 e. The summed E-state index contributed by atoms with van der Waals surface area (Å²) in [6.07, 6.45) is 6.99. The van der Waals surface area contributed by atoms with Crippen molar-refractivity contribution in [2.45, 2.75) is 31.6 Å². The molecule has 0 unspecified atom stereocenters. The maximum atomic E-state index is 12.3. The molecule has 0 bridgehead atoms. The number of anilines is 1. The van der Waals surface area contributed by atoms with Crippen molar-refractivity contribution in [2.75, 3.05) is 5.32 Å². The third kappa shape index (κ3) is 2.18. The second kappa shape index (κ2) is 4.59. The zero-order valence-corrected chi connectivity index (χ0v) is 11.6. The van der Waals surface area contributed by atoms with E-state index < -0.39 is 0 Å². The molecule has 0 spiro atoms. The summed E-state index contributed by atoms with van der Waals surface area (Å²) in [6.45, 7) is 0. The number of carbonyl (C=O) groups excluding carboxylic acids is 1.